The first-order valence-corrected chi connectivity index (χ1v) is 9.59. The number of piperazine rings is 1. The molecule has 0 radical (unpaired) electrons. The summed E-state index contributed by atoms with van der Waals surface area (Å²) in [5.74, 6) is 1.99. The highest BCUT2D eigenvalue weighted by Gasteiger charge is 2.19. The minimum atomic E-state index is 0.595. The van der Waals surface area contributed by atoms with E-state index in [1.54, 1.807) is 7.11 Å². The van der Waals surface area contributed by atoms with Gasteiger partial charge in [-0.3, -0.25) is 4.90 Å². The quantitative estimate of drug-likeness (QED) is 0.796. The van der Waals surface area contributed by atoms with Crippen molar-refractivity contribution in [1.82, 2.24) is 19.4 Å². The van der Waals surface area contributed by atoms with Crippen molar-refractivity contribution in [3.05, 3.63) is 35.7 Å². The van der Waals surface area contributed by atoms with Gasteiger partial charge in [0.15, 0.2) is 0 Å². The zero-order valence-electron chi connectivity index (χ0n) is 16.8. The van der Waals surface area contributed by atoms with Crippen LogP contribution in [0.3, 0.4) is 0 Å². The molecule has 0 saturated carbocycles. The lowest BCUT2D eigenvalue weighted by Crippen LogP contribution is -2.48. The third kappa shape index (κ3) is 3.94. The van der Waals surface area contributed by atoms with Crippen molar-refractivity contribution in [1.29, 1.82) is 0 Å². The van der Waals surface area contributed by atoms with Crippen molar-refractivity contribution in [3.63, 3.8) is 0 Å². The smallest absolute Gasteiger partial charge is 0.140 e. The molecule has 1 aromatic carbocycles. The molecule has 2 aromatic rings. The van der Waals surface area contributed by atoms with Crippen molar-refractivity contribution in [2.24, 2.45) is 0 Å². The molecule has 0 amide bonds. The lowest BCUT2D eigenvalue weighted by atomic mass is 10.0. The zero-order chi connectivity index (χ0) is 18.7. The van der Waals surface area contributed by atoms with E-state index in [0.717, 1.165) is 24.5 Å². The number of likely N-dealkylation sites (N-methyl/N-ethyl adjacent to an activating group) is 1. The third-order valence-electron chi connectivity index (χ3n) is 5.86. The topological polar surface area (TPSA) is 33.5 Å². The van der Waals surface area contributed by atoms with Crippen LogP contribution >= 0.6 is 0 Å². The van der Waals surface area contributed by atoms with Crippen LogP contribution in [0.25, 0.3) is 11.4 Å². The highest BCUT2D eigenvalue weighted by Crippen LogP contribution is 2.30. The highest BCUT2D eigenvalue weighted by atomic mass is 16.5. The Bertz CT molecular complexity index is 732. The van der Waals surface area contributed by atoms with Crippen LogP contribution in [-0.4, -0.2) is 65.7 Å². The van der Waals surface area contributed by atoms with E-state index in [-0.39, 0.29) is 0 Å². The van der Waals surface area contributed by atoms with Gasteiger partial charge in [0, 0.05) is 56.7 Å². The van der Waals surface area contributed by atoms with Gasteiger partial charge < -0.3 is 14.2 Å². The molecule has 142 valence electrons. The number of rotatable bonds is 6. The summed E-state index contributed by atoms with van der Waals surface area (Å²) < 4.78 is 7.74. The maximum atomic E-state index is 5.45. The molecule has 26 heavy (non-hydrogen) atoms. The van der Waals surface area contributed by atoms with Gasteiger partial charge in [-0.2, -0.15) is 0 Å². The van der Waals surface area contributed by atoms with Gasteiger partial charge in [0.1, 0.15) is 11.6 Å². The van der Waals surface area contributed by atoms with Crippen LogP contribution in [0.5, 0.6) is 5.75 Å². The Morgan fingerprint density at radius 2 is 1.85 bits per heavy atom. The fraction of sp³-hybridized carbons (Fsp3) is 0.571. The van der Waals surface area contributed by atoms with Crippen LogP contribution in [0, 0.1) is 13.8 Å². The number of nitrogens with zero attached hydrogens (tertiary/aromatic N) is 4. The van der Waals surface area contributed by atoms with Crippen LogP contribution in [0.1, 0.15) is 24.5 Å². The first-order valence-electron chi connectivity index (χ1n) is 9.59. The maximum Gasteiger partial charge on any atom is 0.140 e. The number of methoxy groups -OCH3 is 1. The molecule has 1 aliphatic rings. The van der Waals surface area contributed by atoms with E-state index in [4.69, 9.17) is 4.74 Å². The Hall–Kier alpha value is -1.85. The summed E-state index contributed by atoms with van der Waals surface area (Å²) in [5, 5.41) is 0. The fourth-order valence-corrected chi connectivity index (χ4v) is 3.76. The summed E-state index contributed by atoms with van der Waals surface area (Å²) in [6.07, 6.45) is 5.15. The van der Waals surface area contributed by atoms with Crippen molar-refractivity contribution in [3.8, 4) is 17.1 Å². The Kier molecular flexibility index (Phi) is 5.99. The van der Waals surface area contributed by atoms with Gasteiger partial charge >= 0.3 is 0 Å². The molecule has 3 rings (SSSR count). The minimum absolute atomic E-state index is 0.595. The number of hydrogen-bond acceptors (Lipinski definition) is 4. The van der Waals surface area contributed by atoms with Crippen molar-refractivity contribution in [2.45, 2.75) is 39.8 Å². The van der Waals surface area contributed by atoms with Gasteiger partial charge in [-0.15, -0.1) is 0 Å². The number of hydrogen-bond donors (Lipinski definition) is 0. The maximum absolute atomic E-state index is 5.45. The Morgan fingerprint density at radius 1 is 1.12 bits per heavy atom. The van der Waals surface area contributed by atoms with Crippen molar-refractivity contribution in [2.75, 3.05) is 40.3 Å². The number of aryl methyl sites for hydroxylation is 1. The molecule has 5 heteroatoms. The molecule has 0 spiro atoms. The molecule has 2 heterocycles. The van der Waals surface area contributed by atoms with Crippen LogP contribution in [0.4, 0.5) is 0 Å². The summed E-state index contributed by atoms with van der Waals surface area (Å²) >= 11 is 0. The van der Waals surface area contributed by atoms with Crippen LogP contribution < -0.4 is 4.74 Å². The number of imidazole rings is 1. The fourth-order valence-electron chi connectivity index (χ4n) is 3.76. The summed E-state index contributed by atoms with van der Waals surface area (Å²) in [4.78, 5) is 9.67. The molecule has 1 aromatic heterocycles. The van der Waals surface area contributed by atoms with Crippen molar-refractivity contribution >= 4 is 0 Å². The Morgan fingerprint density at radius 3 is 2.54 bits per heavy atom. The SMILES string of the molecule is COc1ccc(-c2nccn2CC[C@@H](C)N2CCN(C)CC2)c(C)c1C. The normalized spacial score (nSPS) is 17.4. The number of ether oxygens (including phenoxy) is 1. The van der Waals surface area contributed by atoms with E-state index >= 15 is 0 Å². The first kappa shape index (κ1) is 18.9. The number of benzene rings is 1. The zero-order valence-corrected chi connectivity index (χ0v) is 16.8. The lowest BCUT2D eigenvalue weighted by molar-refractivity contribution is 0.112. The van der Waals surface area contributed by atoms with E-state index in [1.165, 1.54) is 42.9 Å². The van der Waals surface area contributed by atoms with Gasteiger partial charge in [0.25, 0.3) is 0 Å². The molecule has 1 saturated heterocycles. The van der Waals surface area contributed by atoms with Gasteiger partial charge in [-0.25, -0.2) is 4.98 Å². The van der Waals surface area contributed by atoms with Crippen LogP contribution in [-0.2, 0) is 6.54 Å². The molecule has 0 unspecified atom stereocenters. The Labute approximate surface area is 157 Å². The largest absolute Gasteiger partial charge is 0.496 e. The standard InChI is InChI=1S/C21H32N4O/c1-16(24-14-12-23(4)13-15-24)8-10-25-11-9-22-21(25)19-6-7-20(26-5)18(3)17(19)2/h6-7,9,11,16H,8,10,12-15H2,1-5H3/t16-/m1/s1. The predicted molar refractivity (Wildman–Crippen MR) is 107 cm³/mol. The molecular formula is C21H32N4O. The summed E-state index contributed by atoms with van der Waals surface area (Å²) in [7, 11) is 3.93. The lowest BCUT2D eigenvalue weighted by Gasteiger charge is -2.36. The molecule has 0 aliphatic carbocycles. The molecule has 1 aliphatic heterocycles. The average molecular weight is 357 g/mol. The van der Waals surface area contributed by atoms with Crippen molar-refractivity contribution < 1.29 is 4.74 Å². The Balaban J connectivity index is 1.70. The van der Waals surface area contributed by atoms with E-state index in [9.17, 15) is 0 Å². The van der Waals surface area contributed by atoms with E-state index in [0.29, 0.717) is 6.04 Å². The van der Waals surface area contributed by atoms with E-state index < -0.39 is 0 Å². The minimum Gasteiger partial charge on any atom is -0.496 e. The summed E-state index contributed by atoms with van der Waals surface area (Å²) in [5.41, 5.74) is 3.62. The van der Waals surface area contributed by atoms with Crippen LogP contribution in [0.15, 0.2) is 24.5 Å². The second-order valence-corrected chi connectivity index (χ2v) is 7.49. The monoisotopic (exact) mass is 356 g/mol. The average Bonchev–Trinajstić information content (AvgIpc) is 3.11. The molecule has 0 N–H and O–H groups in total. The molecular weight excluding hydrogens is 324 g/mol. The molecule has 1 fully saturated rings. The van der Waals surface area contributed by atoms with Gasteiger partial charge in [0.05, 0.1) is 7.11 Å². The molecule has 0 bridgehead atoms. The first-order chi connectivity index (χ1) is 12.5. The highest BCUT2D eigenvalue weighted by molar-refractivity contribution is 5.64. The van der Waals surface area contributed by atoms with Gasteiger partial charge in [-0.05, 0) is 57.5 Å². The third-order valence-corrected chi connectivity index (χ3v) is 5.86. The van der Waals surface area contributed by atoms with E-state index in [1.807, 2.05) is 12.3 Å². The molecule has 5 nitrogen and oxygen atoms in total. The second-order valence-electron chi connectivity index (χ2n) is 7.49. The van der Waals surface area contributed by atoms with Crippen LogP contribution in [0.2, 0.25) is 0 Å². The number of aromatic nitrogens is 2. The second kappa shape index (κ2) is 8.23. The van der Waals surface area contributed by atoms with E-state index in [2.05, 4.69) is 59.4 Å². The van der Waals surface area contributed by atoms with Gasteiger partial charge in [0.2, 0.25) is 0 Å². The van der Waals surface area contributed by atoms with Gasteiger partial charge in [-0.1, -0.05) is 0 Å². The summed E-state index contributed by atoms with van der Waals surface area (Å²) in [6.45, 7) is 12.3. The summed E-state index contributed by atoms with van der Waals surface area (Å²) in [6, 6.07) is 4.77. The molecule has 1 atom stereocenters. The predicted octanol–water partition coefficient (Wildman–Crippen LogP) is 3.20.